The van der Waals surface area contributed by atoms with Crippen LogP contribution in [0, 0.1) is 0 Å². The van der Waals surface area contributed by atoms with Gasteiger partial charge in [0.05, 0.1) is 12.1 Å². The largest absolute Gasteiger partial charge is 0.415 e. The first kappa shape index (κ1) is 12.6. The van der Waals surface area contributed by atoms with Crippen LogP contribution in [0.2, 0.25) is 0 Å². The standard InChI is InChI=1S/C14H17NO3/c1-2-6-12-13(16)9-10-15(12)14(17)18-11-7-4-3-5-8-11/h2-5,7-8,12-13,16H,1,6,9-10H2. The summed E-state index contributed by atoms with van der Waals surface area (Å²) in [5.74, 6) is 0.515. The van der Waals surface area contributed by atoms with Gasteiger partial charge in [-0.3, -0.25) is 0 Å². The van der Waals surface area contributed by atoms with Crippen LogP contribution in [0.1, 0.15) is 12.8 Å². The highest BCUT2D eigenvalue weighted by Gasteiger charge is 2.36. The number of aliphatic hydroxyl groups excluding tert-OH is 1. The van der Waals surface area contributed by atoms with Gasteiger partial charge in [-0.15, -0.1) is 6.58 Å². The van der Waals surface area contributed by atoms with Crippen molar-refractivity contribution in [3.8, 4) is 5.75 Å². The third-order valence-corrected chi connectivity index (χ3v) is 3.10. The fourth-order valence-corrected chi connectivity index (χ4v) is 2.17. The first-order valence-corrected chi connectivity index (χ1v) is 6.05. The van der Waals surface area contributed by atoms with Gasteiger partial charge in [-0.2, -0.15) is 0 Å². The number of carbonyl (C=O) groups is 1. The maximum atomic E-state index is 12.0. The summed E-state index contributed by atoms with van der Waals surface area (Å²) in [4.78, 5) is 13.6. The number of benzene rings is 1. The quantitative estimate of drug-likeness (QED) is 0.833. The molecule has 0 bridgehead atoms. The number of nitrogens with zero attached hydrogens (tertiary/aromatic N) is 1. The first-order chi connectivity index (χ1) is 8.72. The third-order valence-electron chi connectivity index (χ3n) is 3.10. The number of ether oxygens (including phenoxy) is 1. The zero-order chi connectivity index (χ0) is 13.0. The molecular weight excluding hydrogens is 230 g/mol. The van der Waals surface area contributed by atoms with Gasteiger partial charge in [0.1, 0.15) is 5.75 Å². The molecule has 0 radical (unpaired) electrons. The molecule has 1 aromatic carbocycles. The second-order valence-electron chi connectivity index (χ2n) is 4.32. The fraction of sp³-hybridized carbons (Fsp3) is 0.357. The van der Waals surface area contributed by atoms with E-state index in [1.54, 1.807) is 23.1 Å². The molecular formula is C14H17NO3. The summed E-state index contributed by atoms with van der Waals surface area (Å²) in [6.45, 7) is 4.17. The van der Waals surface area contributed by atoms with E-state index in [0.29, 0.717) is 25.1 Å². The van der Waals surface area contributed by atoms with Crippen molar-refractivity contribution in [3.05, 3.63) is 43.0 Å². The summed E-state index contributed by atoms with van der Waals surface area (Å²) in [6, 6.07) is 8.71. The Balaban J connectivity index is 2.02. The van der Waals surface area contributed by atoms with E-state index in [0.717, 1.165) is 0 Å². The minimum absolute atomic E-state index is 0.223. The number of likely N-dealkylation sites (tertiary alicyclic amines) is 1. The monoisotopic (exact) mass is 247 g/mol. The summed E-state index contributed by atoms with van der Waals surface area (Å²) in [5, 5.41) is 9.81. The second-order valence-corrected chi connectivity index (χ2v) is 4.32. The molecule has 2 atom stereocenters. The first-order valence-electron chi connectivity index (χ1n) is 6.05. The molecule has 1 aliphatic heterocycles. The van der Waals surface area contributed by atoms with Crippen molar-refractivity contribution in [2.45, 2.75) is 25.0 Å². The van der Waals surface area contributed by atoms with E-state index in [2.05, 4.69) is 6.58 Å². The Kier molecular flexibility index (Phi) is 3.99. The molecule has 0 saturated carbocycles. The molecule has 4 nitrogen and oxygen atoms in total. The smallest absolute Gasteiger partial charge is 0.410 e. The van der Waals surface area contributed by atoms with E-state index in [-0.39, 0.29) is 6.04 Å². The molecule has 96 valence electrons. The number of rotatable bonds is 3. The highest BCUT2D eigenvalue weighted by atomic mass is 16.6. The van der Waals surface area contributed by atoms with Crippen molar-refractivity contribution in [3.63, 3.8) is 0 Å². The van der Waals surface area contributed by atoms with Crippen molar-refractivity contribution in [2.24, 2.45) is 0 Å². The zero-order valence-corrected chi connectivity index (χ0v) is 10.2. The Labute approximate surface area is 106 Å². The lowest BCUT2D eigenvalue weighted by molar-refractivity contribution is 0.105. The Morgan fingerprint density at radius 1 is 1.50 bits per heavy atom. The van der Waals surface area contributed by atoms with Crippen molar-refractivity contribution in [2.75, 3.05) is 6.54 Å². The van der Waals surface area contributed by atoms with Crippen LogP contribution in [-0.4, -0.2) is 34.8 Å². The lowest BCUT2D eigenvalue weighted by atomic mass is 10.1. The molecule has 2 rings (SSSR count). The Hall–Kier alpha value is -1.81. The van der Waals surface area contributed by atoms with Gasteiger partial charge in [0, 0.05) is 6.54 Å². The lowest BCUT2D eigenvalue weighted by Crippen LogP contribution is -2.40. The molecule has 1 N–H and O–H groups in total. The zero-order valence-electron chi connectivity index (χ0n) is 10.2. The van der Waals surface area contributed by atoms with Gasteiger partial charge in [-0.1, -0.05) is 24.3 Å². The van der Waals surface area contributed by atoms with Crippen LogP contribution in [0.5, 0.6) is 5.75 Å². The summed E-state index contributed by atoms with van der Waals surface area (Å²) < 4.78 is 5.26. The van der Waals surface area contributed by atoms with Crippen LogP contribution >= 0.6 is 0 Å². The van der Waals surface area contributed by atoms with Crippen molar-refractivity contribution in [1.29, 1.82) is 0 Å². The summed E-state index contributed by atoms with van der Waals surface area (Å²) in [6.07, 6.45) is 1.96. The average molecular weight is 247 g/mol. The molecule has 2 unspecified atom stereocenters. The Morgan fingerprint density at radius 3 is 2.89 bits per heavy atom. The van der Waals surface area contributed by atoms with Gasteiger partial charge in [-0.25, -0.2) is 4.79 Å². The van der Waals surface area contributed by atoms with Crippen LogP contribution in [0.15, 0.2) is 43.0 Å². The molecule has 1 saturated heterocycles. The van der Waals surface area contributed by atoms with Gasteiger partial charge >= 0.3 is 6.09 Å². The Bertz CT molecular complexity index is 418. The van der Waals surface area contributed by atoms with Crippen LogP contribution in [0.4, 0.5) is 4.79 Å². The maximum Gasteiger partial charge on any atom is 0.415 e. The van der Waals surface area contributed by atoms with E-state index in [1.165, 1.54) is 0 Å². The van der Waals surface area contributed by atoms with Crippen LogP contribution in [0.3, 0.4) is 0 Å². The highest BCUT2D eigenvalue weighted by molar-refractivity contribution is 5.71. The van der Waals surface area contributed by atoms with Crippen molar-refractivity contribution >= 4 is 6.09 Å². The topological polar surface area (TPSA) is 49.8 Å². The van der Waals surface area contributed by atoms with Crippen LogP contribution in [0.25, 0.3) is 0 Å². The number of hydrogen-bond donors (Lipinski definition) is 1. The number of para-hydroxylation sites is 1. The summed E-state index contributed by atoms with van der Waals surface area (Å²) in [5.41, 5.74) is 0. The average Bonchev–Trinajstić information content (AvgIpc) is 2.73. The van der Waals surface area contributed by atoms with E-state index < -0.39 is 12.2 Å². The molecule has 18 heavy (non-hydrogen) atoms. The molecule has 1 aliphatic rings. The van der Waals surface area contributed by atoms with Gasteiger partial charge < -0.3 is 14.7 Å². The number of hydrogen-bond acceptors (Lipinski definition) is 3. The Morgan fingerprint density at radius 2 is 2.22 bits per heavy atom. The minimum atomic E-state index is -0.494. The second kappa shape index (κ2) is 5.69. The molecule has 1 aromatic rings. The predicted octanol–water partition coefficient (Wildman–Crippen LogP) is 2.20. The van der Waals surface area contributed by atoms with Crippen LogP contribution < -0.4 is 4.74 Å². The summed E-state index contributed by atoms with van der Waals surface area (Å²) >= 11 is 0. The van der Waals surface area contributed by atoms with E-state index in [4.69, 9.17) is 4.74 Å². The molecule has 0 aromatic heterocycles. The molecule has 0 aliphatic carbocycles. The van der Waals surface area contributed by atoms with E-state index >= 15 is 0 Å². The number of carbonyl (C=O) groups excluding carboxylic acids is 1. The van der Waals surface area contributed by atoms with Crippen molar-refractivity contribution < 1.29 is 14.6 Å². The van der Waals surface area contributed by atoms with Gasteiger partial charge in [0.2, 0.25) is 0 Å². The van der Waals surface area contributed by atoms with E-state index in [9.17, 15) is 9.90 Å². The SMILES string of the molecule is C=CCC1C(O)CCN1C(=O)Oc1ccccc1. The van der Waals surface area contributed by atoms with Crippen molar-refractivity contribution in [1.82, 2.24) is 4.90 Å². The highest BCUT2D eigenvalue weighted by Crippen LogP contribution is 2.23. The molecule has 1 amide bonds. The molecule has 1 heterocycles. The molecule has 4 heteroatoms. The number of amides is 1. The van der Waals surface area contributed by atoms with Gasteiger partial charge in [0.15, 0.2) is 0 Å². The third kappa shape index (κ3) is 2.71. The van der Waals surface area contributed by atoms with Gasteiger partial charge in [-0.05, 0) is 25.0 Å². The molecule has 1 fully saturated rings. The predicted molar refractivity (Wildman–Crippen MR) is 68.4 cm³/mol. The number of aliphatic hydroxyl groups is 1. The lowest BCUT2D eigenvalue weighted by Gasteiger charge is -2.24. The maximum absolute atomic E-state index is 12.0. The minimum Gasteiger partial charge on any atom is -0.410 e. The van der Waals surface area contributed by atoms with Gasteiger partial charge in [0.25, 0.3) is 0 Å². The van der Waals surface area contributed by atoms with Crippen LogP contribution in [-0.2, 0) is 0 Å². The normalized spacial score (nSPS) is 22.8. The molecule has 0 spiro atoms. The van der Waals surface area contributed by atoms with E-state index in [1.807, 2.05) is 18.2 Å². The fourth-order valence-electron chi connectivity index (χ4n) is 2.17. The summed E-state index contributed by atoms with van der Waals surface area (Å²) in [7, 11) is 0.